The summed E-state index contributed by atoms with van der Waals surface area (Å²) in [5.41, 5.74) is 1.66. The number of carbonyl (C=O) groups is 1. The summed E-state index contributed by atoms with van der Waals surface area (Å²) in [6, 6.07) is 0. The first-order valence-corrected chi connectivity index (χ1v) is 6.31. The molecular formula is C15H22O3. The van der Waals surface area contributed by atoms with Gasteiger partial charge >= 0.3 is 5.97 Å². The maximum Gasteiger partial charge on any atom is 0.330 e. The third kappa shape index (κ3) is 3.84. The number of carboxylic acids is 1. The zero-order valence-electron chi connectivity index (χ0n) is 11.2. The summed E-state index contributed by atoms with van der Waals surface area (Å²) in [6.45, 7) is 7.61. The molecule has 1 rings (SSSR count). The molecule has 0 aromatic heterocycles. The average molecular weight is 250 g/mol. The molecule has 0 fully saturated rings. The molecule has 0 spiro atoms. The van der Waals surface area contributed by atoms with E-state index in [1.807, 2.05) is 0 Å². The molecule has 3 heteroatoms. The Morgan fingerprint density at radius 2 is 2.28 bits per heavy atom. The van der Waals surface area contributed by atoms with Crippen LogP contribution in [0, 0.1) is 0 Å². The fourth-order valence-corrected chi connectivity index (χ4v) is 2.06. The first-order chi connectivity index (χ1) is 8.35. The minimum atomic E-state index is -0.893. The molecule has 0 aliphatic heterocycles. The van der Waals surface area contributed by atoms with E-state index >= 15 is 0 Å². The van der Waals surface area contributed by atoms with Gasteiger partial charge in [-0.15, -0.1) is 0 Å². The Labute approximate surface area is 109 Å². The van der Waals surface area contributed by atoms with Crippen LogP contribution < -0.4 is 0 Å². The van der Waals surface area contributed by atoms with Crippen molar-refractivity contribution >= 4 is 5.97 Å². The molecule has 2 N–H and O–H groups in total. The number of carboxylic acid groups (broad SMARTS) is 1. The lowest BCUT2D eigenvalue weighted by atomic mass is 9.79. The van der Waals surface area contributed by atoms with Crippen LogP contribution in [-0.4, -0.2) is 21.8 Å². The first-order valence-electron chi connectivity index (χ1n) is 6.31. The van der Waals surface area contributed by atoms with E-state index in [-0.39, 0.29) is 0 Å². The number of allylic oxidation sites excluding steroid dienone is 2. The summed E-state index contributed by atoms with van der Waals surface area (Å²) in [6.07, 6.45) is 7.23. The highest BCUT2D eigenvalue weighted by atomic mass is 16.4. The van der Waals surface area contributed by atoms with Gasteiger partial charge in [-0.3, -0.25) is 0 Å². The molecule has 0 saturated carbocycles. The summed E-state index contributed by atoms with van der Waals surface area (Å²) in [4.78, 5) is 10.6. The van der Waals surface area contributed by atoms with Crippen molar-refractivity contribution in [3.63, 3.8) is 0 Å². The standard InChI is InChI=1S/C15H22O3/c1-11-7-9-15(18,10-8-11)13(3)6-4-5-12(2)14(16)17/h5,7,18H,3-4,6,8-10H2,1-2H3,(H,16,17)/b12-5+/t15-/m1/s1. The third-order valence-electron chi connectivity index (χ3n) is 3.61. The van der Waals surface area contributed by atoms with Gasteiger partial charge in [-0.2, -0.15) is 0 Å². The Kier molecular flexibility index (Phi) is 4.91. The second kappa shape index (κ2) is 6.01. The van der Waals surface area contributed by atoms with Gasteiger partial charge in [0.25, 0.3) is 0 Å². The van der Waals surface area contributed by atoms with E-state index in [4.69, 9.17) is 5.11 Å². The fraction of sp³-hybridized carbons (Fsp3) is 0.533. The van der Waals surface area contributed by atoms with Crippen LogP contribution in [0.25, 0.3) is 0 Å². The van der Waals surface area contributed by atoms with Gasteiger partial charge in [-0.05, 0) is 51.5 Å². The van der Waals surface area contributed by atoms with Crippen LogP contribution in [0.5, 0.6) is 0 Å². The van der Waals surface area contributed by atoms with Crippen molar-refractivity contribution < 1.29 is 15.0 Å². The van der Waals surface area contributed by atoms with E-state index in [1.165, 1.54) is 5.57 Å². The topological polar surface area (TPSA) is 57.5 Å². The van der Waals surface area contributed by atoms with Crippen LogP contribution in [-0.2, 0) is 4.79 Å². The molecule has 3 nitrogen and oxygen atoms in total. The monoisotopic (exact) mass is 250 g/mol. The van der Waals surface area contributed by atoms with E-state index in [1.54, 1.807) is 13.0 Å². The number of aliphatic hydroxyl groups is 1. The molecule has 1 atom stereocenters. The second-order valence-corrected chi connectivity index (χ2v) is 5.12. The van der Waals surface area contributed by atoms with Crippen LogP contribution in [0.15, 0.2) is 35.5 Å². The normalized spacial score (nSPS) is 24.6. The molecule has 0 amide bonds. The van der Waals surface area contributed by atoms with Gasteiger partial charge in [0, 0.05) is 5.57 Å². The minimum absolute atomic E-state index is 0.342. The number of hydrogen-bond acceptors (Lipinski definition) is 2. The zero-order valence-corrected chi connectivity index (χ0v) is 11.2. The summed E-state index contributed by atoms with van der Waals surface area (Å²) < 4.78 is 0. The maximum absolute atomic E-state index is 10.6. The van der Waals surface area contributed by atoms with E-state index in [0.29, 0.717) is 24.8 Å². The SMILES string of the molecule is C=C(CC/C=C(\C)C(=O)O)[C@@]1(O)CC=C(C)CC1. The molecule has 0 saturated heterocycles. The highest BCUT2D eigenvalue weighted by Crippen LogP contribution is 2.34. The van der Waals surface area contributed by atoms with E-state index in [0.717, 1.165) is 18.4 Å². The minimum Gasteiger partial charge on any atom is -0.478 e. The van der Waals surface area contributed by atoms with Crippen LogP contribution in [0.3, 0.4) is 0 Å². The lowest BCUT2D eigenvalue weighted by molar-refractivity contribution is -0.132. The highest BCUT2D eigenvalue weighted by molar-refractivity contribution is 5.85. The van der Waals surface area contributed by atoms with E-state index in [2.05, 4.69) is 19.6 Å². The molecule has 1 aliphatic rings. The predicted octanol–water partition coefficient (Wildman–Crippen LogP) is 3.22. The molecule has 0 bridgehead atoms. The molecule has 18 heavy (non-hydrogen) atoms. The van der Waals surface area contributed by atoms with Crippen molar-refractivity contribution in [2.24, 2.45) is 0 Å². The Morgan fingerprint density at radius 1 is 1.61 bits per heavy atom. The van der Waals surface area contributed by atoms with Crippen LogP contribution >= 0.6 is 0 Å². The highest BCUT2D eigenvalue weighted by Gasteiger charge is 2.30. The third-order valence-corrected chi connectivity index (χ3v) is 3.61. The Morgan fingerprint density at radius 3 is 2.78 bits per heavy atom. The van der Waals surface area contributed by atoms with Crippen molar-refractivity contribution in [3.8, 4) is 0 Å². The second-order valence-electron chi connectivity index (χ2n) is 5.12. The average Bonchev–Trinajstić information content (AvgIpc) is 2.32. The Balaban J connectivity index is 2.51. The zero-order chi connectivity index (χ0) is 13.8. The van der Waals surface area contributed by atoms with E-state index in [9.17, 15) is 9.90 Å². The van der Waals surface area contributed by atoms with Gasteiger partial charge in [-0.25, -0.2) is 4.79 Å². The maximum atomic E-state index is 10.6. The molecule has 0 aromatic rings. The van der Waals surface area contributed by atoms with Gasteiger partial charge < -0.3 is 10.2 Å². The van der Waals surface area contributed by atoms with Crippen LogP contribution in [0.1, 0.15) is 46.0 Å². The summed E-state index contributed by atoms with van der Waals surface area (Å²) in [7, 11) is 0. The largest absolute Gasteiger partial charge is 0.478 e. The van der Waals surface area contributed by atoms with Crippen LogP contribution in [0.4, 0.5) is 0 Å². The fourth-order valence-electron chi connectivity index (χ4n) is 2.06. The molecule has 0 unspecified atom stereocenters. The molecule has 0 heterocycles. The van der Waals surface area contributed by atoms with Crippen molar-refractivity contribution in [2.75, 3.05) is 0 Å². The lowest BCUT2D eigenvalue weighted by Gasteiger charge is -2.33. The summed E-state index contributed by atoms with van der Waals surface area (Å²) in [5, 5.41) is 19.2. The first kappa shape index (κ1) is 14.7. The van der Waals surface area contributed by atoms with Crippen molar-refractivity contribution in [1.82, 2.24) is 0 Å². The summed E-state index contributed by atoms with van der Waals surface area (Å²) >= 11 is 0. The Bertz CT molecular complexity index is 404. The van der Waals surface area contributed by atoms with Gasteiger partial charge in [0.1, 0.15) is 0 Å². The number of aliphatic carboxylic acids is 1. The predicted molar refractivity (Wildman–Crippen MR) is 72.3 cm³/mol. The smallest absolute Gasteiger partial charge is 0.330 e. The van der Waals surface area contributed by atoms with Gasteiger partial charge in [0.15, 0.2) is 0 Å². The molecule has 0 aromatic carbocycles. The Hall–Kier alpha value is -1.35. The van der Waals surface area contributed by atoms with Gasteiger partial charge in [-0.1, -0.05) is 24.3 Å². The number of rotatable bonds is 5. The summed E-state index contributed by atoms with van der Waals surface area (Å²) in [5.74, 6) is -0.893. The molecule has 1 aliphatic carbocycles. The van der Waals surface area contributed by atoms with Gasteiger partial charge in [0.2, 0.25) is 0 Å². The van der Waals surface area contributed by atoms with E-state index < -0.39 is 11.6 Å². The number of hydrogen-bond donors (Lipinski definition) is 2. The molecular weight excluding hydrogens is 228 g/mol. The molecule has 100 valence electrons. The lowest BCUT2D eigenvalue weighted by Crippen LogP contribution is -2.32. The molecule has 0 radical (unpaired) electrons. The van der Waals surface area contributed by atoms with Crippen LogP contribution in [0.2, 0.25) is 0 Å². The quantitative estimate of drug-likeness (QED) is 0.582. The van der Waals surface area contributed by atoms with Crippen molar-refractivity contribution in [2.45, 2.75) is 51.6 Å². The van der Waals surface area contributed by atoms with Crippen molar-refractivity contribution in [3.05, 3.63) is 35.5 Å². The van der Waals surface area contributed by atoms with Crippen molar-refractivity contribution in [1.29, 1.82) is 0 Å². The van der Waals surface area contributed by atoms with Gasteiger partial charge in [0.05, 0.1) is 5.60 Å².